The minimum Gasteiger partial charge on any atom is -0.340 e. The van der Waals surface area contributed by atoms with Crippen molar-refractivity contribution in [1.29, 1.82) is 5.26 Å². The van der Waals surface area contributed by atoms with Crippen molar-refractivity contribution in [3.63, 3.8) is 0 Å². The van der Waals surface area contributed by atoms with Crippen LogP contribution in [0.25, 0.3) is 22.2 Å². The van der Waals surface area contributed by atoms with Gasteiger partial charge in [-0.3, -0.25) is 0 Å². The van der Waals surface area contributed by atoms with Gasteiger partial charge in [-0.05, 0) is 24.1 Å². The summed E-state index contributed by atoms with van der Waals surface area (Å²) in [6.07, 6.45) is 1.48. The molecule has 0 saturated heterocycles. The van der Waals surface area contributed by atoms with Crippen LogP contribution >= 0.6 is 0 Å². The number of benzene rings is 2. The lowest BCUT2D eigenvalue weighted by Crippen LogP contribution is -1.99. The molecule has 0 fully saturated rings. The number of rotatable bonds is 4. The Kier molecular flexibility index (Phi) is 3.52. The fourth-order valence-corrected chi connectivity index (χ4v) is 2.62. The fourth-order valence-electron chi connectivity index (χ4n) is 2.62. The second kappa shape index (κ2) is 5.63. The van der Waals surface area contributed by atoms with E-state index in [1.807, 2.05) is 6.07 Å². The zero-order chi connectivity index (χ0) is 13.8. The van der Waals surface area contributed by atoms with Gasteiger partial charge < -0.3 is 4.57 Å². The Bertz CT molecular complexity index is 748. The van der Waals surface area contributed by atoms with E-state index in [0.717, 1.165) is 13.0 Å². The standard InChI is InChI=1S/C18H16N2/c19-12-6-7-13-20-17-11-5-4-10-16(17)14-18(20)15-8-2-1-3-9-15/h1-5,8-11,14H,6-7,13H2. The molecule has 2 heteroatoms. The highest BCUT2D eigenvalue weighted by Gasteiger charge is 2.09. The Morgan fingerprint density at radius 1 is 0.950 bits per heavy atom. The van der Waals surface area contributed by atoms with Crippen LogP contribution in [-0.2, 0) is 6.54 Å². The second-order valence-corrected chi connectivity index (χ2v) is 4.87. The van der Waals surface area contributed by atoms with E-state index < -0.39 is 0 Å². The first kappa shape index (κ1) is 12.5. The van der Waals surface area contributed by atoms with Crippen LogP contribution in [0.3, 0.4) is 0 Å². The van der Waals surface area contributed by atoms with Crippen LogP contribution in [0.2, 0.25) is 0 Å². The van der Waals surface area contributed by atoms with Crippen molar-refractivity contribution in [2.45, 2.75) is 19.4 Å². The van der Waals surface area contributed by atoms with Gasteiger partial charge >= 0.3 is 0 Å². The minimum atomic E-state index is 0.598. The predicted octanol–water partition coefficient (Wildman–Crippen LogP) is 4.61. The fraction of sp³-hybridized carbons (Fsp3) is 0.167. The van der Waals surface area contributed by atoms with E-state index >= 15 is 0 Å². The molecule has 0 spiro atoms. The third-order valence-corrected chi connectivity index (χ3v) is 3.55. The molecule has 1 heterocycles. The molecule has 2 nitrogen and oxygen atoms in total. The number of hydrogen-bond acceptors (Lipinski definition) is 1. The molecule has 0 unspecified atom stereocenters. The molecule has 20 heavy (non-hydrogen) atoms. The lowest BCUT2D eigenvalue weighted by Gasteiger charge is -2.10. The number of aromatic nitrogens is 1. The molecular formula is C18H16N2. The number of hydrogen-bond donors (Lipinski definition) is 0. The Morgan fingerprint density at radius 3 is 2.50 bits per heavy atom. The van der Waals surface area contributed by atoms with Crippen molar-refractivity contribution < 1.29 is 0 Å². The maximum absolute atomic E-state index is 8.74. The van der Waals surface area contributed by atoms with Gasteiger partial charge in [0.1, 0.15) is 0 Å². The summed E-state index contributed by atoms with van der Waals surface area (Å²) in [6, 6.07) is 23.3. The maximum Gasteiger partial charge on any atom is 0.0622 e. The third-order valence-electron chi connectivity index (χ3n) is 3.55. The lowest BCUT2D eigenvalue weighted by molar-refractivity contribution is 0.679. The van der Waals surface area contributed by atoms with Gasteiger partial charge in [0, 0.05) is 29.6 Å². The zero-order valence-corrected chi connectivity index (χ0v) is 11.3. The summed E-state index contributed by atoms with van der Waals surface area (Å²) >= 11 is 0. The van der Waals surface area contributed by atoms with Crippen molar-refractivity contribution >= 4 is 10.9 Å². The molecule has 3 rings (SSSR count). The first-order chi connectivity index (χ1) is 9.90. The van der Waals surface area contributed by atoms with Crippen LogP contribution in [0, 0.1) is 11.3 Å². The van der Waals surface area contributed by atoms with Gasteiger partial charge in [-0.1, -0.05) is 48.5 Å². The molecule has 0 N–H and O–H groups in total. The average molecular weight is 260 g/mol. The van der Waals surface area contributed by atoms with Crippen molar-refractivity contribution in [3.05, 3.63) is 60.7 Å². The van der Waals surface area contributed by atoms with Crippen LogP contribution in [0.15, 0.2) is 60.7 Å². The SMILES string of the molecule is N#CCCCn1c(-c2ccccc2)cc2ccccc21. The van der Waals surface area contributed by atoms with E-state index in [9.17, 15) is 0 Å². The van der Waals surface area contributed by atoms with E-state index in [4.69, 9.17) is 5.26 Å². The van der Waals surface area contributed by atoms with Crippen molar-refractivity contribution in [3.8, 4) is 17.3 Å². The Morgan fingerprint density at radius 2 is 1.70 bits per heavy atom. The van der Waals surface area contributed by atoms with E-state index in [2.05, 4.69) is 65.2 Å². The van der Waals surface area contributed by atoms with Crippen LogP contribution in [0.1, 0.15) is 12.8 Å². The molecule has 0 amide bonds. The molecule has 0 aliphatic carbocycles. The van der Waals surface area contributed by atoms with Gasteiger partial charge in [0.05, 0.1) is 6.07 Å². The van der Waals surface area contributed by atoms with E-state index in [0.29, 0.717) is 6.42 Å². The monoisotopic (exact) mass is 260 g/mol. The Hall–Kier alpha value is -2.53. The molecule has 3 aromatic rings. The first-order valence-electron chi connectivity index (χ1n) is 6.91. The van der Waals surface area contributed by atoms with Crippen molar-refractivity contribution in [2.75, 3.05) is 0 Å². The average Bonchev–Trinajstić information content (AvgIpc) is 2.87. The number of aryl methyl sites for hydroxylation is 1. The van der Waals surface area contributed by atoms with Gasteiger partial charge in [-0.15, -0.1) is 0 Å². The van der Waals surface area contributed by atoms with Gasteiger partial charge in [0.25, 0.3) is 0 Å². The van der Waals surface area contributed by atoms with Crippen LogP contribution in [-0.4, -0.2) is 4.57 Å². The first-order valence-corrected chi connectivity index (χ1v) is 6.91. The summed E-state index contributed by atoms with van der Waals surface area (Å²) in [6.45, 7) is 0.880. The molecule has 1 aromatic heterocycles. The highest BCUT2D eigenvalue weighted by molar-refractivity contribution is 5.87. The summed E-state index contributed by atoms with van der Waals surface area (Å²) in [5.41, 5.74) is 3.69. The predicted molar refractivity (Wildman–Crippen MR) is 82.2 cm³/mol. The largest absolute Gasteiger partial charge is 0.340 e. The second-order valence-electron chi connectivity index (χ2n) is 4.87. The number of unbranched alkanes of at least 4 members (excludes halogenated alkanes) is 1. The van der Waals surface area contributed by atoms with Crippen molar-refractivity contribution in [2.24, 2.45) is 0 Å². The number of fused-ring (bicyclic) bond motifs is 1. The molecule has 0 radical (unpaired) electrons. The lowest BCUT2D eigenvalue weighted by atomic mass is 10.1. The smallest absolute Gasteiger partial charge is 0.0622 e. The van der Waals surface area contributed by atoms with Gasteiger partial charge in [0.2, 0.25) is 0 Å². The quantitative estimate of drug-likeness (QED) is 0.629. The minimum absolute atomic E-state index is 0.598. The van der Waals surface area contributed by atoms with E-state index in [-0.39, 0.29) is 0 Å². The van der Waals surface area contributed by atoms with Crippen LogP contribution < -0.4 is 0 Å². The summed E-state index contributed by atoms with van der Waals surface area (Å²) < 4.78 is 2.32. The zero-order valence-electron chi connectivity index (χ0n) is 11.3. The molecule has 2 aromatic carbocycles. The highest BCUT2D eigenvalue weighted by Crippen LogP contribution is 2.28. The third kappa shape index (κ3) is 2.31. The topological polar surface area (TPSA) is 28.7 Å². The number of nitriles is 1. The maximum atomic E-state index is 8.74. The van der Waals surface area contributed by atoms with E-state index in [1.54, 1.807) is 0 Å². The van der Waals surface area contributed by atoms with Crippen LogP contribution in [0.5, 0.6) is 0 Å². The molecule has 98 valence electrons. The summed E-state index contributed by atoms with van der Waals surface area (Å²) in [5, 5.41) is 9.99. The molecule has 0 saturated carbocycles. The van der Waals surface area contributed by atoms with Gasteiger partial charge in [0.15, 0.2) is 0 Å². The Labute approximate surface area is 118 Å². The summed E-state index contributed by atoms with van der Waals surface area (Å²) in [5.74, 6) is 0. The number of nitrogens with zero attached hydrogens (tertiary/aromatic N) is 2. The molecular weight excluding hydrogens is 244 g/mol. The normalized spacial score (nSPS) is 10.6. The van der Waals surface area contributed by atoms with Gasteiger partial charge in [-0.25, -0.2) is 0 Å². The number of para-hydroxylation sites is 1. The summed E-state index contributed by atoms with van der Waals surface area (Å²) in [4.78, 5) is 0. The van der Waals surface area contributed by atoms with Gasteiger partial charge in [-0.2, -0.15) is 5.26 Å². The molecule has 0 aliphatic heterocycles. The van der Waals surface area contributed by atoms with E-state index in [1.165, 1.54) is 22.2 Å². The highest BCUT2D eigenvalue weighted by atomic mass is 15.0. The Balaban J connectivity index is 2.10. The molecule has 0 aliphatic rings. The summed E-state index contributed by atoms with van der Waals surface area (Å²) in [7, 11) is 0. The molecule has 0 atom stereocenters. The van der Waals surface area contributed by atoms with Crippen LogP contribution in [0.4, 0.5) is 0 Å². The van der Waals surface area contributed by atoms with Crippen molar-refractivity contribution in [1.82, 2.24) is 4.57 Å². The molecule has 0 bridgehead atoms.